The van der Waals surface area contributed by atoms with Crippen LogP contribution >= 0.6 is 0 Å². The van der Waals surface area contributed by atoms with E-state index in [0.29, 0.717) is 18.9 Å². The maximum atomic E-state index is 9.51. The molecule has 0 spiro atoms. The lowest BCUT2D eigenvalue weighted by Gasteiger charge is -2.32. The molecule has 0 amide bonds. The molecule has 0 aromatic heterocycles. The predicted molar refractivity (Wildman–Crippen MR) is 116 cm³/mol. The normalized spacial score (nSPS) is 36.0. The summed E-state index contributed by atoms with van der Waals surface area (Å²) in [5.74, 6) is 2.43. The summed E-state index contributed by atoms with van der Waals surface area (Å²) < 4.78 is 6.07. The first kappa shape index (κ1) is 20.0. The average Bonchev–Trinajstić information content (AvgIpc) is 3.49. The molecule has 1 N–H and O–H groups in total. The van der Waals surface area contributed by atoms with Gasteiger partial charge in [0.05, 0.1) is 6.61 Å². The van der Waals surface area contributed by atoms with Crippen molar-refractivity contribution < 1.29 is 9.84 Å². The first-order chi connectivity index (χ1) is 14.3. The zero-order valence-electron chi connectivity index (χ0n) is 17.8. The van der Waals surface area contributed by atoms with Gasteiger partial charge >= 0.3 is 0 Å². The molecular formula is C25H38N2O2. The van der Waals surface area contributed by atoms with E-state index in [4.69, 9.17) is 4.74 Å². The SMILES string of the molecule is OC[C@@H]1CCCN1CCc1ccc([C@@H]2CC[C@@H]3CN(C4CCCCO4)C[C@@H]32)cc1. The standard InChI is InChI=1S/C25H38N2O2/c28-18-22-4-3-13-26(22)14-12-19-6-8-20(9-7-19)23-11-10-21-16-27(17-24(21)23)25-5-1-2-15-29-25/h6-9,21-25,28H,1-5,10-18H2/t21-,22+,23+,24+,25?/m1/s1. The number of likely N-dealkylation sites (tertiary alicyclic amines) is 2. The van der Waals surface area contributed by atoms with Crippen molar-refractivity contribution in [2.24, 2.45) is 11.8 Å². The summed E-state index contributed by atoms with van der Waals surface area (Å²) in [4.78, 5) is 5.12. The topological polar surface area (TPSA) is 35.9 Å². The zero-order valence-corrected chi connectivity index (χ0v) is 17.8. The van der Waals surface area contributed by atoms with Crippen LogP contribution in [0.4, 0.5) is 0 Å². The summed E-state index contributed by atoms with van der Waals surface area (Å²) in [6, 6.07) is 9.95. The molecule has 5 atom stereocenters. The Labute approximate surface area is 176 Å². The van der Waals surface area contributed by atoms with Crippen molar-refractivity contribution in [1.82, 2.24) is 9.80 Å². The van der Waals surface area contributed by atoms with E-state index in [1.807, 2.05) is 0 Å². The van der Waals surface area contributed by atoms with Crippen LogP contribution in [-0.4, -0.2) is 66.6 Å². The summed E-state index contributed by atoms with van der Waals surface area (Å²) >= 11 is 0. The van der Waals surface area contributed by atoms with Crippen molar-refractivity contribution in [2.75, 3.05) is 39.4 Å². The van der Waals surface area contributed by atoms with Gasteiger partial charge in [-0.1, -0.05) is 24.3 Å². The lowest BCUT2D eigenvalue weighted by atomic mass is 9.86. The third kappa shape index (κ3) is 4.27. The summed E-state index contributed by atoms with van der Waals surface area (Å²) in [6.07, 6.45) is 10.4. The Kier molecular flexibility index (Phi) is 6.24. The van der Waals surface area contributed by atoms with Crippen LogP contribution in [0.15, 0.2) is 24.3 Å². The van der Waals surface area contributed by atoms with Gasteiger partial charge in [0.1, 0.15) is 6.23 Å². The molecule has 1 aromatic rings. The quantitative estimate of drug-likeness (QED) is 0.794. The number of benzene rings is 1. The second-order valence-electron chi connectivity index (χ2n) is 9.89. The molecule has 5 rings (SSSR count). The van der Waals surface area contributed by atoms with Gasteiger partial charge in [0.15, 0.2) is 0 Å². The Bertz CT molecular complexity index is 657. The first-order valence-electron chi connectivity index (χ1n) is 12.1. The highest BCUT2D eigenvalue weighted by Crippen LogP contribution is 2.48. The van der Waals surface area contributed by atoms with Gasteiger partial charge in [-0.2, -0.15) is 0 Å². The van der Waals surface area contributed by atoms with Gasteiger partial charge in [-0.3, -0.25) is 9.80 Å². The lowest BCUT2D eigenvalue weighted by molar-refractivity contribution is -0.0794. The lowest BCUT2D eigenvalue weighted by Crippen LogP contribution is -2.38. The molecule has 3 saturated heterocycles. The Morgan fingerprint density at radius 2 is 1.86 bits per heavy atom. The van der Waals surface area contributed by atoms with Crippen LogP contribution in [-0.2, 0) is 11.2 Å². The Morgan fingerprint density at radius 3 is 2.66 bits per heavy atom. The van der Waals surface area contributed by atoms with Gasteiger partial charge in [0.25, 0.3) is 0 Å². The minimum absolute atomic E-state index is 0.312. The maximum Gasteiger partial charge on any atom is 0.110 e. The van der Waals surface area contributed by atoms with Crippen LogP contribution in [0.2, 0.25) is 0 Å². The van der Waals surface area contributed by atoms with Gasteiger partial charge in [-0.25, -0.2) is 0 Å². The molecule has 4 heteroatoms. The van der Waals surface area contributed by atoms with Gasteiger partial charge in [0.2, 0.25) is 0 Å². The number of aliphatic hydroxyl groups excluding tert-OH is 1. The molecule has 4 aliphatic rings. The van der Waals surface area contributed by atoms with E-state index < -0.39 is 0 Å². The summed E-state index contributed by atoms with van der Waals surface area (Å²) in [5.41, 5.74) is 3.00. The molecule has 0 bridgehead atoms. The number of ether oxygens (including phenoxy) is 1. The van der Waals surface area contributed by atoms with Crippen LogP contribution in [0, 0.1) is 11.8 Å². The molecule has 1 unspecified atom stereocenters. The smallest absolute Gasteiger partial charge is 0.110 e. The minimum Gasteiger partial charge on any atom is -0.395 e. The van der Waals surface area contributed by atoms with Crippen molar-refractivity contribution >= 4 is 0 Å². The van der Waals surface area contributed by atoms with E-state index >= 15 is 0 Å². The van der Waals surface area contributed by atoms with Crippen LogP contribution in [0.25, 0.3) is 0 Å². The molecular weight excluding hydrogens is 360 g/mol. The fourth-order valence-corrected chi connectivity index (χ4v) is 6.56. The molecule has 29 heavy (non-hydrogen) atoms. The number of nitrogens with zero attached hydrogens (tertiary/aromatic N) is 2. The zero-order chi connectivity index (χ0) is 19.6. The molecule has 1 saturated carbocycles. The minimum atomic E-state index is 0.312. The number of fused-ring (bicyclic) bond motifs is 1. The maximum absolute atomic E-state index is 9.51. The number of rotatable bonds is 6. The molecule has 0 radical (unpaired) electrons. The highest BCUT2D eigenvalue weighted by molar-refractivity contribution is 5.28. The van der Waals surface area contributed by atoms with Crippen molar-refractivity contribution in [1.29, 1.82) is 0 Å². The van der Waals surface area contributed by atoms with Crippen molar-refractivity contribution in [3.63, 3.8) is 0 Å². The van der Waals surface area contributed by atoms with Crippen LogP contribution in [0.1, 0.15) is 62.0 Å². The van der Waals surface area contributed by atoms with E-state index in [1.165, 1.54) is 57.2 Å². The third-order valence-corrected chi connectivity index (χ3v) is 8.25. The fourth-order valence-electron chi connectivity index (χ4n) is 6.56. The van der Waals surface area contributed by atoms with Crippen molar-refractivity contribution in [3.8, 4) is 0 Å². The number of aliphatic hydroxyl groups is 1. The molecule has 4 fully saturated rings. The van der Waals surface area contributed by atoms with E-state index in [1.54, 1.807) is 5.56 Å². The fraction of sp³-hybridized carbons (Fsp3) is 0.760. The predicted octanol–water partition coefficient (Wildman–Crippen LogP) is 3.64. The van der Waals surface area contributed by atoms with Gasteiger partial charge < -0.3 is 9.84 Å². The van der Waals surface area contributed by atoms with Crippen molar-refractivity contribution in [2.45, 2.75) is 69.6 Å². The van der Waals surface area contributed by atoms with Crippen LogP contribution in [0.3, 0.4) is 0 Å². The highest BCUT2D eigenvalue weighted by Gasteiger charge is 2.45. The second kappa shape index (κ2) is 9.05. The number of hydrogen-bond acceptors (Lipinski definition) is 4. The van der Waals surface area contributed by atoms with Gasteiger partial charge in [-0.15, -0.1) is 0 Å². The monoisotopic (exact) mass is 398 g/mol. The molecule has 160 valence electrons. The summed E-state index contributed by atoms with van der Waals surface area (Å²) in [6.45, 7) is 5.99. The van der Waals surface area contributed by atoms with Crippen LogP contribution in [0.5, 0.6) is 0 Å². The molecule has 3 aliphatic heterocycles. The van der Waals surface area contributed by atoms with E-state index in [0.717, 1.165) is 50.3 Å². The molecule has 1 aromatic carbocycles. The highest BCUT2D eigenvalue weighted by atomic mass is 16.5. The molecule has 1 aliphatic carbocycles. The van der Waals surface area contributed by atoms with Gasteiger partial charge in [0, 0.05) is 32.3 Å². The van der Waals surface area contributed by atoms with E-state index in [2.05, 4.69) is 34.1 Å². The van der Waals surface area contributed by atoms with E-state index in [-0.39, 0.29) is 0 Å². The first-order valence-corrected chi connectivity index (χ1v) is 12.1. The third-order valence-electron chi connectivity index (χ3n) is 8.25. The summed E-state index contributed by atoms with van der Waals surface area (Å²) in [5, 5.41) is 9.51. The largest absolute Gasteiger partial charge is 0.395 e. The molecule has 3 heterocycles. The van der Waals surface area contributed by atoms with Crippen molar-refractivity contribution in [3.05, 3.63) is 35.4 Å². The average molecular weight is 399 g/mol. The number of hydrogen-bond donors (Lipinski definition) is 1. The Balaban J connectivity index is 1.17. The van der Waals surface area contributed by atoms with Crippen LogP contribution < -0.4 is 0 Å². The second-order valence-corrected chi connectivity index (χ2v) is 9.89. The Morgan fingerprint density at radius 1 is 0.966 bits per heavy atom. The van der Waals surface area contributed by atoms with E-state index in [9.17, 15) is 5.11 Å². The van der Waals surface area contributed by atoms with Gasteiger partial charge in [-0.05, 0) is 86.8 Å². The molecule has 4 nitrogen and oxygen atoms in total. The summed E-state index contributed by atoms with van der Waals surface area (Å²) in [7, 11) is 0. The Hall–Kier alpha value is -0.940.